The van der Waals surface area contributed by atoms with Crippen molar-refractivity contribution in [3.63, 3.8) is 0 Å². The van der Waals surface area contributed by atoms with Crippen molar-refractivity contribution in [1.82, 2.24) is 10.2 Å². The third-order valence-electron chi connectivity index (χ3n) is 3.22. The molecule has 0 unspecified atom stereocenters. The largest absolute Gasteiger partial charge is 0.314 e. The first-order chi connectivity index (χ1) is 8.74. The van der Waals surface area contributed by atoms with Crippen LogP contribution in [0.1, 0.15) is 11.6 Å². The van der Waals surface area contributed by atoms with Crippen molar-refractivity contribution in [2.24, 2.45) is 0 Å². The summed E-state index contributed by atoms with van der Waals surface area (Å²) in [5.41, 5.74) is 0.889. The summed E-state index contributed by atoms with van der Waals surface area (Å²) in [7, 11) is 0. The zero-order valence-electron chi connectivity index (χ0n) is 10.2. The third kappa shape index (κ3) is 2.57. The average Bonchev–Trinajstić information content (AvgIpc) is 2.41. The lowest BCUT2D eigenvalue weighted by Crippen LogP contribution is -2.44. The Labute approximate surface area is 106 Å². The van der Waals surface area contributed by atoms with Gasteiger partial charge in [-0.3, -0.25) is 15.0 Å². The molecule has 1 atom stereocenters. The van der Waals surface area contributed by atoms with Crippen LogP contribution in [0.25, 0.3) is 0 Å². The molecule has 0 saturated carbocycles. The number of benzene rings is 1. The third-order valence-corrected chi connectivity index (χ3v) is 3.22. The fraction of sp³-hybridized carbons (Fsp3) is 0.385. The summed E-state index contributed by atoms with van der Waals surface area (Å²) in [5, 5.41) is 14.3. The Morgan fingerprint density at radius 3 is 2.67 bits per heavy atom. The quantitative estimate of drug-likeness (QED) is 0.500. The minimum Gasteiger partial charge on any atom is -0.314 e. The number of nitro benzene ring substituents is 1. The van der Waals surface area contributed by atoms with E-state index in [-0.39, 0.29) is 16.7 Å². The van der Waals surface area contributed by atoms with Gasteiger partial charge in [0.1, 0.15) is 0 Å². The number of nitrogens with one attached hydrogen (secondary N) is 1. The van der Waals surface area contributed by atoms with E-state index in [1.165, 1.54) is 0 Å². The lowest BCUT2D eigenvalue weighted by molar-refractivity contribution is -0.385. The molecule has 2 rings (SSSR count). The lowest BCUT2D eigenvalue weighted by atomic mass is 10.0. The van der Waals surface area contributed by atoms with Crippen LogP contribution >= 0.6 is 0 Å². The molecule has 1 fully saturated rings. The first-order valence-electron chi connectivity index (χ1n) is 6.04. The molecule has 1 aliphatic rings. The number of hydrogen-bond acceptors (Lipinski definition) is 4. The number of para-hydroxylation sites is 1. The molecule has 0 radical (unpaired) electrons. The minimum atomic E-state index is -0.325. The first-order valence-corrected chi connectivity index (χ1v) is 6.04. The van der Waals surface area contributed by atoms with Crippen LogP contribution in [0.5, 0.6) is 0 Å². The van der Waals surface area contributed by atoms with E-state index in [4.69, 9.17) is 0 Å². The van der Waals surface area contributed by atoms with Gasteiger partial charge in [-0.05, 0) is 0 Å². The molecule has 1 aromatic rings. The van der Waals surface area contributed by atoms with E-state index in [1.54, 1.807) is 18.2 Å². The molecule has 1 heterocycles. The van der Waals surface area contributed by atoms with E-state index in [0.29, 0.717) is 0 Å². The summed E-state index contributed by atoms with van der Waals surface area (Å²) in [6, 6.07) is 6.80. The summed E-state index contributed by atoms with van der Waals surface area (Å²) in [6.07, 6.45) is 1.79. The molecular weight excluding hydrogens is 230 g/mol. The Hall–Kier alpha value is -1.72. The van der Waals surface area contributed by atoms with E-state index in [2.05, 4.69) is 16.8 Å². The van der Waals surface area contributed by atoms with E-state index in [1.807, 2.05) is 12.1 Å². The summed E-state index contributed by atoms with van der Waals surface area (Å²) in [5.74, 6) is 0. The van der Waals surface area contributed by atoms with Crippen LogP contribution in [-0.4, -0.2) is 36.0 Å². The van der Waals surface area contributed by atoms with Crippen LogP contribution in [0.15, 0.2) is 36.9 Å². The van der Waals surface area contributed by atoms with Crippen molar-refractivity contribution in [1.29, 1.82) is 0 Å². The standard InChI is InChI=1S/C13H17N3O2/c1-2-12(15-9-7-14-8-10-15)11-5-3-4-6-13(11)16(17)18/h2-6,12,14H,1,7-10H2/t12-/m0/s1. The van der Waals surface area contributed by atoms with Crippen LogP contribution < -0.4 is 5.32 Å². The van der Waals surface area contributed by atoms with Gasteiger partial charge in [0.25, 0.3) is 5.69 Å². The average molecular weight is 247 g/mol. The fourth-order valence-corrected chi connectivity index (χ4v) is 2.34. The monoisotopic (exact) mass is 247 g/mol. The maximum absolute atomic E-state index is 11.1. The maximum atomic E-state index is 11.1. The van der Waals surface area contributed by atoms with E-state index < -0.39 is 0 Å². The number of hydrogen-bond donors (Lipinski definition) is 1. The molecule has 1 aliphatic heterocycles. The summed E-state index contributed by atoms with van der Waals surface area (Å²) in [4.78, 5) is 13.0. The molecule has 0 aliphatic carbocycles. The van der Waals surface area contributed by atoms with Gasteiger partial charge in [-0.25, -0.2) is 0 Å². The number of nitro groups is 1. The van der Waals surface area contributed by atoms with Crippen LogP contribution in [0, 0.1) is 10.1 Å². The predicted molar refractivity (Wildman–Crippen MR) is 70.5 cm³/mol. The Morgan fingerprint density at radius 1 is 1.39 bits per heavy atom. The van der Waals surface area contributed by atoms with Gasteiger partial charge in [0.05, 0.1) is 16.5 Å². The normalized spacial score (nSPS) is 18.2. The van der Waals surface area contributed by atoms with Crippen LogP contribution in [0.4, 0.5) is 5.69 Å². The lowest BCUT2D eigenvalue weighted by Gasteiger charge is -2.33. The topological polar surface area (TPSA) is 58.4 Å². The van der Waals surface area contributed by atoms with Gasteiger partial charge in [0.2, 0.25) is 0 Å². The van der Waals surface area contributed by atoms with Crippen molar-refractivity contribution in [3.8, 4) is 0 Å². The zero-order chi connectivity index (χ0) is 13.0. The molecule has 18 heavy (non-hydrogen) atoms. The Balaban J connectivity index is 2.31. The van der Waals surface area contributed by atoms with Crippen molar-refractivity contribution >= 4 is 5.69 Å². The minimum absolute atomic E-state index is 0.0892. The Kier molecular flexibility index (Phi) is 4.07. The van der Waals surface area contributed by atoms with E-state index in [0.717, 1.165) is 31.7 Å². The smallest absolute Gasteiger partial charge is 0.274 e. The summed E-state index contributed by atoms with van der Waals surface area (Å²) in [6.45, 7) is 7.40. The number of rotatable bonds is 4. The maximum Gasteiger partial charge on any atom is 0.274 e. The van der Waals surface area contributed by atoms with Crippen molar-refractivity contribution in [3.05, 3.63) is 52.6 Å². The fourth-order valence-electron chi connectivity index (χ4n) is 2.34. The highest BCUT2D eigenvalue weighted by atomic mass is 16.6. The van der Waals surface area contributed by atoms with Gasteiger partial charge in [-0.1, -0.05) is 24.3 Å². The van der Waals surface area contributed by atoms with Gasteiger partial charge in [0, 0.05) is 32.2 Å². The molecule has 96 valence electrons. The Morgan fingerprint density at radius 2 is 2.06 bits per heavy atom. The van der Waals surface area contributed by atoms with Crippen molar-refractivity contribution in [2.45, 2.75) is 6.04 Å². The second-order valence-electron chi connectivity index (χ2n) is 4.28. The molecule has 0 aromatic heterocycles. The SMILES string of the molecule is C=C[C@@H](c1ccccc1[N+](=O)[O-])N1CCNCC1. The van der Waals surface area contributed by atoms with Crippen molar-refractivity contribution < 1.29 is 4.92 Å². The van der Waals surface area contributed by atoms with Gasteiger partial charge >= 0.3 is 0 Å². The molecule has 1 N–H and O–H groups in total. The molecular formula is C13H17N3O2. The van der Waals surface area contributed by atoms with Crippen LogP contribution in [0.3, 0.4) is 0 Å². The van der Waals surface area contributed by atoms with Gasteiger partial charge < -0.3 is 5.32 Å². The molecule has 5 heteroatoms. The van der Waals surface area contributed by atoms with Gasteiger partial charge in [-0.2, -0.15) is 0 Å². The predicted octanol–water partition coefficient (Wildman–Crippen LogP) is 1.73. The summed E-state index contributed by atoms with van der Waals surface area (Å²) >= 11 is 0. The van der Waals surface area contributed by atoms with Crippen LogP contribution in [0.2, 0.25) is 0 Å². The number of piperazine rings is 1. The second-order valence-corrected chi connectivity index (χ2v) is 4.28. The summed E-state index contributed by atoms with van der Waals surface area (Å²) < 4.78 is 0. The molecule has 0 bridgehead atoms. The molecule has 1 aromatic carbocycles. The van der Waals surface area contributed by atoms with Crippen LogP contribution in [-0.2, 0) is 0 Å². The van der Waals surface area contributed by atoms with Gasteiger partial charge in [0.15, 0.2) is 0 Å². The van der Waals surface area contributed by atoms with E-state index in [9.17, 15) is 10.1 Å². The highest BCUT2D eigenvalue weighted by molar-refractivity contribution is 5.43. The van der Waals surface area contributed by atoms with E-state index >= 15 is 0 Å². The number of nitrogens with zero attached hydrogens (tertiary/aromatic N) is 2. The zero-order valence-corrected chi connectivity index (χ0v) is 10.2. The Bertz CT molecular complexity index is 442. The first kappa shape index (κ1) is 12.7. The molecule has 0 spiro atoms. The highest BCUT2D eigenvalue weighted by Crippen LogP contribution is 2.29. The van der Waals surface area contributed by atoms with Gasteiger partial charge in [-0.15, -0.1) is 6.58 Å². The molecule has 0 amide bonds. The molecule has 1 saturated heterocycles. The van der Waals surface area contributed by atoms with Crippen molar-refractivity contribution in [2.75, 3.05) is 26.2 Å². The molecule has 5 nitrogen and oxygen atoms in total. The second kappa shape index (κ2) is 5.75. The highest BCUT2D eigenvalue weighted by Gasteiger charge is 2.25.